The predicted molar refractivity (Wildman–Crippen MR) is 162 cm³/mol. The fraction of sp³-hybridized carbons (Fsp3) is 0.543. The summed E-state index contributed by atoms with van der Waals surface area (Å²) in [6.07, 6.45) is 10.0. The Morgan fingerprint density at radius 1 is 0.757 bits per heavy atom. The highest BCUT2D eigenvalue weighted by Gasteiger charge is 2.35. The van der Waals surface area contributed by atoms with E-state index in [2.05, 4.69) is 104 Å². The summed E-state index contributed by atoms with van der Waals surface area (Å²) >= 11 is 0. The number of likely N-dealkylation sites (N-methyl/N-ethyl adjacent to an activating group) is 1. The van der Waals surface area contributed by atoms with Crippen LogP contribution in [0.2, 0.25) is 0 Å². The van der Waals surface area contributed by atoms with Gasteiger partial charge in [-0.2, -0.15) is 0 Å². The van der Waals surface area contributed by atoms with Crippen LogP contribution in [-0.4, -0.2) is 49.6 Å². The first kappa shape index (κ1) is 27.9. The van der Waals surface area contributed by atoms with Crippen LogP contribution in [0, 0.1) is 5.41 Å². The van der Waals surface area contributed by atoms with Gasteiger partial charge in [0, 0.05) is 38.6 Å². The highest BCUT2D eigenvalue weighted by molar-refractivity contribution is 5.85. The standard InChI is InChI=1S/C35H50N2/c1-5-7-23-35(3,22-6-2)34(28-37-26-24-36(4)25-27-37)32-20-18-29(19-21-32)12-10-14-31-16-11-15-30-13-8-9-17-33(30)31/h8-9,11,13,15-21,34H,5-7,10,12,14,22-28H2,1-4H3. The van der Waals surface area contributed by atoms with Gasteiger partial charge in [0.25, 0.3) is 0 Å². The third-order valence-electron chi connectivity index (χ3n) is 8.97. The van der Waals surface area contributed by atoms with E-state index < -0.39 is 0 Å². The topological polar surface area (TPSA) is 6.48 Å². The molecular formula is C35H50N2. The lowest BCUT2D eigenvalue weighted by Crippen LogP contribution is -2.47. The summed E-state index contributed by atoms with van der Waals surface area (Å²) in [5.74, 6) is 0.604. The van der Waals surface area contributed by atoms with E-state index in [1.807, 2.05) is 0 Å². The second-order valence-electron chi connectivity index (χ2n) is 11.9. The van der Waals surface area contributed by atoms with Crippen molar-refractivity contribution in [2.24, 2.45) is 5.41 Å². The van der Waals surface area contributed by atoms with E-state index in [0.717, 1.165) is 12.8 Å². The highest BCUT2D eigenvalue weighted by Crippen LogP contribution is 2.44. The van der Waals surface area contributed by atoms with Gasteiger partial charge >= 0.3 is 0 Å². The molecular weight excluding hydrogens is 448 g/mol. The van der Waals surface area contributed by atoms with Crippen LogP contribution in [0.25, 0.3) is 10.8 Å². The van der Waals surface area contributed by atoms with E-state index in [-0.39, 0.29) is 0 Å². The first-order valence-corrected chi connectivity index (χ1v) is 15.0. The Hall–Kier alpha value is -2.16. The maximum absolute atomic E-state index is 2.74. The molecule has 3 aromatic rings. The number of hydrogen-bond acceptors (Lipinski definition) is 2. The average Bonchev–Trinajstić information content (AvgIpc) is 2.92. The van der Waals surface area contributed by atoms with Crippen LogP contribution in [0.1, 0.15) is 81.9 Å². The number of aryl methyl sites for hydroxylation is 2. The molecule has 4 rings (SSSR count). The molecule has 0 saturated carbocycles. The van der Waals surface area contributed by atoms with Gasteiger partial charge in [-0.15, -0.1) is 0 Å². The van der Waals surface area contributed by atoms with Crippen molar-refractivity contribution < 1.29 is 0 Å². The van der Waals surface area contributed by atoms with Gasteiger partial charge in [0.05, 0.1) is 0 Å². The predicted octanol–water partition coefficient (Wildman–Crippen LogP) is 8.34. The molecule has 1 heterocycles. The minimum atomic E-state index is 0.365. The van der Waals surface area contributed by atoms with E-state index in [0.29, 0.717) is 11.3 Å². The number of piperazine rings is 1. The van der Waals surface area contributed by atoms with Crippen LogP contribution in [0.3, 0.4) is 0 Å². The zero-order valence-electron chi connectivity index (χ0n) is 24.0. The zero-order valence-corrected chi connectivity index (χ0v) is 24.0. The second-order valence-corrected chi connectivity index (χ2v) is 11.9. The van der Waals surface area contributed by atoms with Crippen molar-refractivity contribution in [1.82, 2.24) is 9.80 Å². The minimum absolute atomic E-state index is 0.365. The van der Waals surface area contributed by atoms with Crippen molar-refractivity contribution in [2.45, 2.75) is 78.1 Å². The van der Waals surface area contributed by atoms with Gasteiger partial charge in [0.2, 0.25) is 0 Å². The van der Waals surface area contributed by atoms with E-state index in [9.17, 15) is 0 Å². The average molecular weight is 499 g/mol. The van der Waals surface area contributed by atoms with Crippen molar-refractivity contribution in [3.63, 3.8) is 0 Å². The summed E-state index contributed by atoms with van der Waals surface area (Å²) in [5.41, 5.74) is 4.88. The lowest BCUT2D eigenvalue weighted by Gasteiger charge is -2.43. The Morgan fingerprint density at radius 3 is 2.22 bits per heavy atom. The van der Waals surface area contributed by atoms with E-state index >= 15 is 0 Å². The Labute approximate surface area is 227 Å². The molecule has 0 aromatic heterocycles. The van der Waals surface area contributed by atoms with Crippen molar-refractivity contribution >= 4 is 10.8 Å². The van der Waals surface area contributed by atoms with Crippen molar-refractivity contribution in [2.75, 3.05) is 39.8 Å². The molecule has 2 atom stereocenters. The van der Waals surface area contributed by atoms with Crippen LogP contribution >= 0.6 is 0 Å². The third-order valence-corrected chi connectivity index (χ3v) is 8.97. The molecule has 2 nitrogen and oxygen atoms in total. The Balaban J connectivity index is 1.45. The molecule has 0 aliphatic carbocycles. The lowest BCUT2D eigenvalue weighted by molar-refractivity contribution is 0.106. The molecule has 1 fully saturated rings. The van der Waals surface area contributed by atoms with Gasteiger partial charge in [-0.3, -0.25) is 0 Å². The largest absolute Gasteiger partial charge is 0.304 e. The number of fused-ring (bicyclic) bond motifs is 1. The fourth-order valence-corrected chi connectivity index (χ4v) is 6.55. The summed E-state index contributed by atoms with van der Waals surface area (Å²) < 4.78 is 0. The minimum Gasteiger partial charge on any atom is -0.304 e. The molecule has 200 valence electrons. The Bertz CT molecular complexity index is 1070. The number of unbranched alkanes of at least 4 members (excludes halogenated alkanes) is 1. The molecule has 0 radical (unpaired) electrons. The van der Waals surface area contributed by atoms with Gasteiger partial charge in [-0.25, -0.2) is 0 Å². The Kier molecular flexibility index (Phi) is 10.2. The van der Waals surface area contributed by atoms with Gasteiger partial charge in [0.15, 0.2) is 0 Å². The summed E-state index contributed by atoms with van der Waals surface area (Å²) in [6, 6.07) is 25.4. The van der Waals surface area contributed by atoms with E-state index in [4.69, 9.17) is 0 Å². The molecule has 1 saturated heterocycles. The van der Waals surface area contributed by atoms with Crippen LogP contribution in [0.15, 0.2) is 66.7 Å². The number of rotatable bonds is 13. The fourth-order valence-electron chi connectivity index (χ4n) is 6.55. The summed E-state index contributed by atoms with van der Waals surface area (Å²) in [4.78, 5) is 5.21. The number of nitrogens with zero attached hydrogens (tertiary/aromatic N) is 2. The first-order chi connectivity index (χ1) is 18.0. The molecule has 3 aromatic carbocycles. The van der Waals surface area contributed by atoms with Crippen LogP contribution < -0.4 is 0 Å². The van der Waals surface area contributed by atoms with E-state index in [1.54, 1.807) is 5.56 Å². The van der Waals surface area contributed by atoms with Crippen molar-refractivity contribution in [1.29, 1.82) is 0 Å². The van der Waals surface area contributed by atoms with Crippen LogP contribution in [0.5, 0.6) is 0 Å². The quantitative estimate of drug-likeness (QED) is 0.234. The molecule has 1 aliphatic rings. The molecule has 0 spiro atoms. The Morgan fingerprint density at radius 2 is 1.49 bits per heavy atom. The van der Waals surface area contributed by atoms with Gasteiger partial charge < -0.3 is 9.80 Å². The number of hydrogen-bond donors (Lipinski definition) is 0. The SMILES string of the molecule is CCCCC(C)(CCC)C(CN1CCN(C)CC1)c1ccc(CCCc2cccc3ccccc23)cc1. The molecule has 2 unspecified atom stereocenters. The summed E-state index contributed by atoms with van der Waals surface area (Å²) in [6.45, 7) is 13.3. The van der Waals surface area contributed by atoms with Crippen LogP contribution in [-0.2, 0) is 12.8 Å². The summed E-state index contributed by atoms with van der Waals surface area (Å²) in [5, 5.41) is 2.77. The monoisotopic (exact) mass is 498 g/mol. The maximum atomic E-state index is 2.74. The van der Waals surface area contributed by atoms with Gasteiger partial charge in [0.1, 0.15) is 0 Å². The molecule has 2 heteroatoms. The normalized spacial score (nSPS) is 17.6. The molecule has 0 N–H and O–H groups in total. The zero-order chi connectivity index (χ0) is 26.1. The smallest absolute Gasteiger partial charge is 0.0110 e. The summed E-state index contributed by atoms with van der Waals surface area (Å²) in [7, 11) is 2.26. The van der Waals surface area contributed by atoms with Gasteiger partial charge in [-0.1, -0.05) is 107 Å². The molecule has 0 bridgehead atoms. The number of benzene rings is 3. The van der Waals surface area contributed by atoms with Crippen molar-refractivity contribution in [3.8, 4) is 0 Å². The lowest BCUT2D eigenvalue weighted by atomic mass is 9.67. The third kappa shape index (κ3) is 7.45. The van der Waals surface area contributed by atoms with Crippen LogP contribution in [0.4, 0.5) is 0 Å². The van der Waals surface area contributed by atoms with Gasteiger partial charge in [-0.05, 0) is 72.0 Å². The highest BCUT2D eigenvalue weighted by atomic mass is 15.2. The first-order valence-electron chi connectivity index (χ1n) is 15.0. The molecule has 37 heavy (non-hydrogen) atoms. The molecule has 1 aliphatic heterocycles. The van der Waals surface area contributed by atoms with Crippen molar-refractivity contribution in [3.05, 3.63) is 83.4 Å². The molecule has 0 amide bonds. The van der Waals surface area contributed by atoms with E-state index in [1.165, 1.54) is 93.1 Å². The maximum Gasteiger partial charge on any atom is 0.0110 e. The second kappa shape index (κ2) is 13.6.